The van der Waals surface area contributed by atoms with Gasteiger partial charge in [-0.15, -0.1) is 0 Å². The highest BCUT2D eigenvalue weighted by Gasteiger charge is 2.35. The standard InChI is InChI=1S/C24H13F8N3O/c25-16-6-3-7-18(33-22(36)14-4-1-2-5-15(14)23(27,28)29)21(16)13-8-9-19(17(26)12-13)35-11-10-20(34-35)24(30,31)32/h1-12H,(H,33,36). The van der Waals surface area contributed by atoms with Gasteiger partial charge in [-0.25, -0.2) is 13.5 Å². The fraction of sp³-hybridized carbons (Fsp3) is 0.0833. The van der Waals surface area contributed by atoms with Crippen LogP contribution in [-0.4, -0.2) is 15.7 Å². The van der Waals surface area contributed by atoms with Gasteiger partial charge in [-0.1, -0.05) is 24.3 Å². The third-order valence-corrected chi connectivity index (χ3v) is 5.10. The number of aromatic nitrogens is 2. The second-order valence-corrected chi connectivity index (χ2v) is 7.47. The molecule has 1 heterocycles. The van der Waals surface area contributed by atoms with E-state index in [9.17, 15) is 39.9 Å². The number of anilines is 1. The monoisotopic (exact) mass is 511 g/mol. The first kappa shape index (κ1) is 24.9. The number of carbonyl (C=O) groups excluding carboxylic acids is 1. The summed E-state index contributed by atoms with van der Waals surface area (Å²) in [7, 11) is 0. The smallest absolute Gasteiger partial charge is 0.321 e. The fourth-order valence-corrected chi connectivity index (χ4v) is 3.50. The molecule has 186 valence electrons. The van der Waals surface area contributed by atoms with Gasteiger partial charge in [0.2, 0.25) is 0 Å². The van der Waals surface area contributed by atoms with Gasteiger partial charge in [-0.2, -0.15) is 31.4 Å². The normalized spacial score (nSPS) is 12.0. The van der Waals surface area contributed by atoms with Crippen molar-refractivity contribution in [2.45, 2.75) is 12.4 Å². The number of nitrogens with one attached hydrogen (secondary N) is 1. The predicted molar refractivity (Wildman–Crippen MR) is 113 cm³/mol. The Bertz CT molecular complexity index is 1440. The van der Waals surface area contributed by atoms with Gasteiger partial charge in [-0.05, 0) is 48.0 Å². The van der Waals surface area contributed by atoms with E-state index >= 15 is 0 Å². The highest BCUT2D eigenvalue weighted by Crippen LogP contribution is 2.35. The summed E-state index contributed by atoms with van der Waals surface area (Å²) in [6.07, 6.45) is -8.67. The minimum absolute atomic E-state index is 0.128. The second kappa shape index (κ2) is 9.10. The van der Waals surface area contributed by atoms with E-state index in [1.165, 1.54) is 24.3 Å². The van der Waals surface area contributed by atoms with Crippen molar-refractivity contribution < 1.29 is 39.9 Å². The van der Waals surface area contributed by atoms with Gasteiger partial charge < -0.3 is 5.32 Å². The maximum Gasteiger partial charge on any atom is 0.435 e. The van der Waals surface area contributed by atoms with E-state index in [0.29, 0.717) is 10.7 Å². The van der Waals surface area contributed by atoms with Gasteiger partial charge in [0.25, 0.3) is 5.91 Å². The summed E-state index contributed by atoms with van der Waals surface area (Å²) >= 11 is 0. The maximum atomic E-state index is 14.8. The van der Waals surface area contributed by atoms with Gasteiger partial charge in [0.05, 0.1) is 16.8 Å². The van der Waals surface area contributed by atoms with Crippen LogP contribution in [-0.2, 0) is 12.4 Å². The van der Waals surface area contributed by atoms with Crippen molar-refractivity contribution >= 4 is 11.6 Å². The number of rotatable bonds is 4. The lowest BCUT2D eigenvalue weighted by Gasteiger charge is -2.16. The third-order valence-electron chi connectivity index (χ3n) is 5.10. The summed E-state index contributed by atoms with van der Waals surface area (Å²) in [5.41, 5.74) is -4.23. The van der Waals surface area contributed by atoms with Gasteiger partial charge in [-0.3, -0.25) is 4.79 Å². The minimum Gasteiger partial charge on any atom is -0.321 e. The molecule has 4 aromatic rings. The van der Waals surface area contributed by atoms with Crippen LogP contribution in [0.15, 0.2) is 72.9 Å². The summed E-state index contributed by atoms with van der Waals surface area (Å²) < 4.78 is 109. The zero-order valence-electron chi connectivity index (χ0n) is 17.8. The predicted octanol–water partition coefficient (Wildman–Crippen LogP) is 7.11. The highest BCUT2D eigenvalue weighted by atomic mass is 19.4. The average Bonchev–Trinajstić information content (AvgIpc) is 3.29. The van der Waals surface area contributed by atoms with Crippen LogP contribution in [0, 0.1) is 11.6 Å². The minimum atomic E-state index is -4.82. The molecule has 0 spiro atoms. The summed E-state index contributed by atoms with van der Waals surface area (Å²) in [5.74, 6) is -3.17. The third kappa shape index (κ3) is 4.92. The summed E-state index contributed by atoms with van der Waals surface area (Å²) in [6.45, 7) is 0. The van der Waals surface area contributed by atoms with Gasteiger partial charge in [0.1, 0.15) is 17.3 Å². The van der Waals surface area contributed by atoms with Crippen LogP contribution in [0.3, 0.4) is 0 Å². The Morgan fingerprint density at radius 3 is 2.17 bits per heavy atom. The molecule has 4 nitrogen and oxygen atoms in total. The zero-order chi connectivity index (χ0) is 26.3. The number of alkyl halides is 6. The topological polar surface area (TPSA) is 46.9 Å². The van der Waals surface area contributed by atoms with Gasteiger partial charge >= 0.3 is 12.4 Å². The van der Waals surface area contributed by atoms with E-state index in [1.54, 1.807) is 0 Å². The Morgan fingerprint density at radius 1 is 0.806 bits per heavy atom. The average molecular weight is 511 g/mol. The van der Waals surface area contributed by atoms with Crippen LogP contribution >= 0.6 is 0 Å². The van der Waals surface area contributed by atoms with Crippen molar-refractivity contribution in [3.05, 3.63) is 101 Å². The molecule has 1 N–H and O–H groups in total. The molecular formula is C24H13F8N3O. The molecule has 0 aliphatic heterocycles. The number of hydrogen-bond donors (Lipinski definition) is 1. The molecule has 12 heteroatoms. The summed E-state index contributed by atoms with van der Waals surface area (Å²) in [6, 6.07) is 11.1. The molecule has 0 saturated carbocycles. The number of amides is 1. The molecule has 0 fully saturated rings. The first-order chi connectivity index (χ1) is 16.9. The molecule has 0 aliphatic rings. The Labute approximate surface area is 197 Å². The first-order valence-electron chi connectivity index (χ1n) is 10.1. The summed E-state index contributed by atoms with van der Waals surface area (Å²) in [5, 5.41) is 5.50. The number of hydrogen-bond acceptors (Lipinski definition) is 2. The Morgan fingerprint density at radius 2 is 1.53 bits per heavy atom. The van der Waals surface area contributed by atoms with Crippen molar-refractivity contribution in [2.75, 3.05) is 5.32 Å². The lowest BCUT2D eigenvalue weighted by atomic mass is 10.0. The van der Waals surface area contributed by atoms with Gasteiger partial charge in [0, 0.05) is 11.8 Å². The highest BCUT2D eigenvalue weighted by molar-refractivity contribution is 6.07. The number of carbonyl (C=O) groups is 1. The SMILES string of the molecule is O=C(Nc1cccc(F)c1-c1ccc(-n2ccc(C(F)(F)F)n2)c(F)c1)c1ccccc1C(F)(F)F. The Hall–Kier alpha value is -4.22. The maximum absolute atomic E-state index is 14.8. The first-order valence-corrected chi connectivity index (χ1v) is 10.1. The van der Waals surface area contributed by atoms with Crippen LogP contribution in [0.4, 0.5) is 40.8 Å². The molecule has 1 amide bonds. The molecule has 1 aromatic heterocycles. The second-order valence-electron chi connectivity index (χ2n) is 7.47. The van der Waals surface area contributed by atoms with Crippen LogP contribution in [0.5, 0.6) is 0 Å². The molecule has 0 atom stereocenters. The lowest BCUT2D eigenvalue weighted by Crippen LogP contribution is -2.19. The van der Waals surface area contributed by atoms with Crippen molar-refractivity contribution in [1.82, 2.24) is 9.78 Å². The van der Waals surface area contributed by atoms with E-state index < -0.39 is 46.7 Å². The molecule has 3 aromatic carbocycles. The molecule has 36 heavy (non-hydrogen) atoms. The molecule has 0 bridgehead atoms. The lowest BCUT2D eigenvalue weighted by molar-refractivity contribution is -0.141. The van der Waals surface area contributed by atoms with Crippen LogP contribution in [0.25, 0.3) is 16.8 Å². The van der Waals surface area contributed by atoms with E-state index in [2.05, 4.69) is 10.4 Å². The molecule has 0 unspecified atom stereocenters. The number of halogens is 8. The van der Waals surface area contributed by atoms with Crippen molar-refractivity contribution in [2.24, 2.45) is 0 Å². The molecule has 0 radical (unpaired) electrons. The molecule has 0 aliphatic carbocycles. The quantitative estimate of drug-likeness (QED) is 0.297. The Balaban J connectivity index is 1.70. The molecular weight excluding hydrogens is 498 g/mol. The van der Waals surface area contributed by atoms with Crippen LogP contribution in [0.2, 0.25) is 0 Å². The number of benzene rings is 3. The van der Waals surface area contributed by atoms with Gasteiger partial charge in [0.15, 0.2) is 5.69 Å². The van der Waals surface area contributed by atoms with E-state index in [0.717, 1.165) is 42.6 Å². The zero-order valence-corrected chi connectivity index (χ0v) is 17.8. The largest absolute Gasteiger partial charge is 0.435 e. The van der Waals surface area contributed by atoms with Crippen molar-refractivity contribution in [3.63, 3.8) is 0 Å². The molecule has 4 rings (SSSR count). The fourth-order valence-electron chi connectivity index (χ4n) is 3.50. The van der Waals surface area contributed by atoms with Crippen LogP contribution < -0.4 is 5.32 Å². The van der Waals surface area contributed by atoms with Crippen molar-refractivity contribution in [3.8, 4) is 16.8 Å². The van der Waals surface area contributed by atoms with E-state index in [-0.39, 0.29) is 22.5 Å². The van der Waals surface area contributed by atoms with E-state index in [4.69, 9.17) is 0 Å². The number of nitrogens with zero attached hydrogens (tertiary/aromatic N) is 2. The Kier molecular flexibility index (Phi) is 6.29. The molecule has 0 saturated heterocycles. The summed E-state index contributed by atoms with van der Waals surface area (Å²) in [4.78, 5) is 12.7. The van der Waals surface area contributed by atoms with E-state index in [1.807, 2.05) is 0 Å². The van der Waals surface area contributed by atoms with Crippen LogP contribution in [0.1, 0.15) is 21.6 Å². The van der Waals surface area contributed by atoms with Crippen molar-refractivity contribution in [1.29, 1.82) is 0 Å².